The van der Waals surface area contributed by atoms with Gasteiger partial charge in [-0.3, -0.25) is 0 Å². The Morgan fingerprint density at radius 2 is 1.58 bits per heavy atom. The Morgan fingerprint density at radius 3 is 2.21 bits per heavy atom. The van der Waals surface area contributed by atoms with Crippen LogP contribution in [0.15, 0.2) is 59.5 Å². The molecule has 0 saturated carbocycles. The van der Waals surface area contributed by atoms with Crippen LogP contribution in [0.5, 0.6) is 0 Å². The molecule has 0 amide bonds. The van der Waals surface area contributed by atoms with Gasteiger partial charge in [-0.25, -0.2) is 17.5 Å². The molecule has 1 N–H and O–H groups in total. The number of hydrogen-bond acceptors (Lipinski definition) is 2. The molecule has 0 bridgehead atoms. The second kappa shape index (κ2) is 5.50. The lowest BCUT2D eigenvalue weighted by atomic mass is 10.1. The number of rotatable bonds is 4. The summed E-state index contributed by atoms with van der Waals surface area (Å²) in [6, 6.07) is 14.0. The van der Waals surface area contributed by atoms with Crippen LogP contribution in [0.1, 0.15) is 18.5 Å². The summed E-state index contributed by atoms with van der Waals surface area (Å²) in [6.07, 6.45) is 0. The van der Waals surface area contributed by atoms with Crippen LogP contribution in [-0.4, -0.2) is 8.42 Å². The summed E-state index contributed by atoms with van der Waals surface area (Å²) in [7, 11) is -3.86. The summed E-state index contributed by atoms with van der Waals surface area (Å²) in [5.41, 5.74) is 0.822. The van der Waals surface area contributed by atoms with Crippen molar-refractivity contribution in [1.82, 2.24) is 4.72 Å². The highest BCUT2D eigenvalue weighted by Gasteiger charge is 2.21. The highest BCUT2D eigenvalue weighted by atomic mass is 32.2. The molecular formula is C14H14FNO2S. The van der Waals surface area contributed by atoms with Crippen LogP contribution in [0, 0.1) is 5.82 Å². The molecule has 0 radical (unpaired) electrons. The Morgan fingerprint density at radius 1 is 1.00 bits per heavy atom. The number of benzene rings is 2. The molecule has 0 aromatic heterocycles. The zero-order valence-corrected chi connectivity index (χ0v) is 11.2. The molecule has 5 heteroatoms. The minimum atomic E-state index is -3.86. The van der Waals surface area contributed by atoms with Crippen molar-refractivity contribution in [3.05, 3.63) is 66.0 Å². The molecule has 2 rings (SSSR count). The van der Waals surface area contributed by atoms with Crippen molar-refractivity contribution >= 4 is 10.0 Å². The molecule has 0 aliphatic carbocycles. The topological polar surface area (TPSA) is 46.2 Å². The van der Waals surface area contributed by atoms with Crippen LogP contribution in [0.4, 0.5) is 4.39 Å². The van der Waals surface area contributed by atoms with Gasteiger partial charge in [0.25, 0.3) is 0 Å². The first kappa shape index (κ1) is 13.7. The van der Waals surface area contributed by atoms with Gasteiger partial charge in [-0.1, -0.05) is 42.5 Å². The van der Waals surface area contributed by atoms with Gasteiger partial charge in [-0.15, -0.1) is 0 Å². The van der Waals surface area contributed by atoms with Crippen molar-refractivity contribution in [2.45, 2.75) is 17.9 Å². The van der Waals surface area contributed by atoms with E-state index in [0.29, 0.717) is 0 Å². The highest BCUT2D eigenvalue weighted by Crippen LogP contribution is 2.18. The van der Waals surface area contributed by atoms with Gasteiger partial charge in [0.05, 0.1) is 0 Å². The fourth-order valence-electron chi connectivity index (χ4n) is 1.77. The third kappa shape index (κ3) is 3.19. The number of hydrogen-bond donors (Lipinski definition) is 1. The Labute approximate surface area is 112 Å². The van der Waals surface area contributed by atoms with E-state index in [1.807, 2.05) is 30.3 Å². The molecule has 2 aromatic rings. The maximum Gasteiger partial charge on any atom is 0.244 e. The van der Waals surface area contributed by atoms with Crippen LogP contribution in [0.2, 0.25) is 0 Å². The molecule has 0 spiro atoms. The Bertz CT molecular complexity index is 656. The van der Waals surface area contributed by atoms with Crippen molar-refractivity contribution < 1.29 is 12.8 Å². The molecule has 2 aromatic carbocycles. The van der Waals surface area contributed by atoms with Gasteiger partial charge < -0.3 is 0 Å². The van der Waals surface area contributed by atoms with Crippen molar-refractivity contribution in [1.29, 1.82) is 0 Å². The molecule has 0 fully saturated rings. The first-order valence-corrected chi connectivity index (χ1v) is 7.31. The van der Waals surface area contributed by atoms with Gasteiger partial charge in [0, 0.05) is 6.04 Å². The average molecular weight is 279 g/mol. The van der Waals surface area contributed by atoms with Crippen molar-refractivity contribution in [3.8, 4) is 0 Å². The molecule has 1 atom stereocenters. The molecule has 100 valence electrons. The van der Waals surface area contributed by atoms with E-state index in [4.69, 9.17) is 0 Å². The zero-order chi connectivity index (χ0) is 13.9. The van der Waals surface area contributed by atoms with Crippen molar-refractivity contribution in [2.24, 2.45) is 0 Å². The second-order valence-corrected chi connectivity index (χ2v) is 5.87. The van der Waals surface area contributed by atoms with E-state index in [0.717, 1.165) is 11.6 Å². The SMILES string of the molecule is CC(NS(=O)(=O)c1ccccc1F)c1ccccc1. The molecule has 0 aliphatic rings. The van der Waals surface area contributed by atoms with E-state index in [2.05, 4.69) is 4.72 Å². The first-order valence-electron chi connectivity index (χ1n) is 5.82. The summed E-state index contributed by atoms with van der Waals surface area (Å²) in [6.45, 7) is 1.72. The second-order valence-electron chi connectivity index (χ2n) is 4.18. The third-order valence-electron chi connectivity index (χ3n) is 2.76. The number of halogens is 1. The Hall–Kier alpha value is -1.72. The first-order chi connectivity index (χ1) is 9.00. The maximum absolute atomic E-state index is 13.5. The quantitative estimate of drug-likeness (QED) is 0.935. The summed E-state index contributed by atoms with van der Waals surface area (Å²) >= 11 is 0. The van der Waals surface area contributed by atoms with Crippen LogP contribution >= 0.6 is 0 Å². The molecule has 0 heterocycles. The number of nitrogens with one attached hydrogen (secondary N) is 1. The lowest BCUT2D eigenvalue weighted by Crippen LogP contribution is -2.27. The molecule has 0 aliphatic heterocycles. The normalized spacial score (nSPS) is 13.2. The van der Waals surface area contributed by atoms with E-state index in [9.17, 15) is 12.8 Å². The Kier molecular flexibility index (Phi) is 3.97. The van der Waals surface area contributed by atoms with Crippen LogP contribution in [0.25, 0.3) is 0 Å². The van der Waals surface area contributed by atoms with Gasteiger partial charge in [0.2, 0.25) is 10.0 Å². The average Bonchev–Trinajstić information content (AvgIpc) is 2.39. The molecule has 1 unspecified atom stereocenters. The summed E-state index contributed by atoms with van der Waals surface area (Å²) < 4.78 is 40.2. The van der Waals surface area contributed by atoms with Crippen molar-refractivity contribution in [2.75, 3.05) is 0 Å². The van der Waals surface area contributed by atoms with E-state index in [1.54, 1.807) is 6.92 Å². The fourth-order valence-corrected chi connectivity index (χ4v) is 3.08. The predicted octanol–water partition coefficient (Wildman–Crippen LogP) is 2.87. The predicted molar refractivity (Wildman–Crippen MR) is 71.6 cm³/mol. The Balaban J connectivity index is 2.26. The van der Waals surface area contributed by atoms with Gasteiger partial charge in [-0.05, 0) is 24.6 Å². The van der Waals surface area contributed by atoms with Gasteiger partial charge in [-0.2, -0.15) is 0 Å². The molecule has 3 nitrogen and oxygen atoms in total. The lowest BCUT2D eigenvalue weighted by molar-refractivity contribution is 0.547. The smallest absolute Gasteiger partial charge is 0.207 e. The fraction of sp³-hybridized carbons (Fsp3) is 0.143. The van der Waals surface area contributed by atoms with E-state index >= 15 is 0 Å². The van der Waals surface area contributed by atoms with E-state index < -0.39 is 21.9 Å². The van der Waals surface area contributed by atoms with Crippen LogP contribution < -0.4 is 4.72 Å². The standard InChI is InChI=1S/C14H14FNO2S/c1-11(12-7-3-2-4-8-12)16-19(17,18)14-10-6-5-9-13(14)15/h2-11,16H,1H3. The van der Waals surface area contributed by atoms with Crippen LogP contribution in [0.3, 0.4) is 0 Å². The zero-order valence-electron chi connectivity index (χ0n) is 10.4. The molecule has 0 saturated heterocycles. The maximum atomic E-state index is 13.5. The highest BCUT2D eigenvalue weighted by molar-refractivity contribution is 7.89. The molecule has 19 heavy (non-hydrogen) atoms. The van der Waals surface area contributed by atoms with E-state index in [1.165, 1.54) is 18.2 Å². The number of sulfonamides is 1. The lowest BCUT2D eigenvalue weighted by Gasteiger charge is -2.14. The van der Waals surface area contributed by atoms with Gasteiger partial charge >= 0.3 is 0 Å². The minimum absolute atomic E-state index is 0.335. The van der Waals surface area contributed by atoms with Crippen LogP contribution in [-0.2, 0) is 10.0 Å². The largest absolute Gasteiger partial charge is 0.244 e. The third-order valence-corrected chi connectivity index (χ3v) is 4.33. The van der Waals surface area contributed by atoms with Gasteiger partial charge in [0.15, 0.2) is 0 Å². The monoisotopic (exact) mass is 279 g/mol. The van der Waals surface area contributed by atoms with E-state index in [-0.39, 0.29) is 4.90 Å². The van der Waals surface area contributed by atoms with Gasteiger partial charge in [0.1, 0.15) is 10.7 Å². The summed E-state index contributed by atoms with van der Waals surface area (Å²) in [4.78, 5) is -0.335. The summed E-state index contributed by atoms with van der Waals surface area (Å²) in [5, 5.41) is 0. The summed E-state index contributed by atoms with van der Waals surface area (Å²) in [5.74, 6) is -0.754. The molecular weight excluding hydrogens is 265 g/mol. The van der Waals surface area contributed by atoms with Crippen molar-refractivity contribution in [3.63, 3.8) is 0 Å². The minimum Gasteiger partial charge on any atom is -0.207 e.